The van der Waals surface area contributed by atoms with Crippen LogP contribution >= 0.6 is 0 Å². The summed E-state index contributed by atoms with van der Waals surface area (Å²) in [5.74, 6) is 2.52. The van der Waals surface area contributed by atoms with Crippen LogP contribution in [-0.4, -0.2) is 13.7 Å². The molecule has 1 aromatic rings. The predicted molar refractivity (Wildman–Crippen MR) is 71.6 cm³/mol. The van der Waals surface area contributed by atoms with E-state index in [1.165, 1.54) is 29.5 Å². The van der Waals surface area contributed by atoms with Gasteiger partial charge in [0.2, 0.25) is 0 Å². The van der Waals surface area contributed by atoms with Crippen LogP contribution in [-0.2, 0) is 0 Å². The maximum Gasteiger partial charge on any atom is 0.122 e. The molecule has 1 fully saturated rings. The summed E-state index contributed by atoms with van der Waals surface area (Å²) in [5.41, 5.74) is 9.89. The highest BCUT2D eigenvalue weighted by molar-refractivity contribution is 5.45. The Balaban J connectivity index is 2.33. The van der Waals surface area contributed by atoms with E-state index in [1.54, 1.807) is 7.11 Å². The van der Waals surface area contributed by atoms with Gasteiger partial charge in [0.1, 0.15) is 5.75 Å². The van der Waals surface area contributed by atoms with Crippen molar-refractivity contribution >= 4 is 0 Å². The van der Waals surface area contributed by atoms with Gasteiger partial charge in [0.05, 0.1) is 7.11 Å². The Kier molecular flexibility index (Phi) is 3.72. The van der Waals surface area contributed by atoms with Crippen LogP contribution in [0.5, 0.6) is 5.75 Å². The van der Waals surface area contributed by atoms with Crippen LogP contribution < -0.4 is 10.5 Å². The van der Waals surface area contributed by atoms with Gasteiger partial charge >= 0.3 is 0 Å². The molecule has 2 heteroatoms. The highest BCUT2D eigenvalue weighted by atomic mass is 16.5. The molecule has 1 aromatic carbocycles. The summed E-state index contributed by atoms with van der Waals surface area (Å²) in [6.45, 7) is 5.13. The number of rotatable bonds is 5. The van der Waals surface area contributed by atoms with Gasteiger partial charge in [0.15, 0.2) is 0 Å². The molecule has 94 valence electrons. The number of benzene rings is 1. The maximum atomic E-state index is 5.75. The van der Waals surface area contributed by atoms with Gasteiger partial charge in [-0.15, -0.1) is 0 Å². The normalized spacial score (nSPS) is 16.9. The number of hydrogen-bond acceptors (Lipinski definition) is 2. The van der Waals surface area contributed by atoms with Crippen LogP contribution in [0.25, 0.3) is 0 Å². The molecule has 1 saturated carbocycles. The Bertz CT molecular complexity index is 396. The van der Waals surface area contributed by atoms with E-state index in [4.69, 9.17) is 10.5 Å². The first-order valence-corrected chi connectivity index (χ1v) is 6.53. The van der Waals surface area contributed by atoms with Crippen molar-refractivity contribution in [2.75, 3.05) is 13.7 Å². The van der Waals surface area contributed by atoms with Crippen molar-refractivity contribution in [2.24, 2.45) is 11.7 Å². The number of hydrogen-bond donors (Lipinski definition) is 1. The van der Waals surface area contributed by atoms with E-state index in [2.05, 4.69) is 26.0 Å². The van der Waals surface area contributed by atoms with E-state index in [1.807, 2.05) is 0 Å². The van der Waals surface area contributed by atoms with Crippen LogP contribution in [0.4, 0.5) is 0 Å². The lowest BCUT2D eigenvalue weighted by Crippen LogP contribution is -2.11. The molecule has 1 aliphatic rings. The third-order valence-electron chi connectivity index (χ3n) is 4.07. The van der Waals surface area contributed by atoms with Gasteiger partial charge in [-0.3, -0.25) is 0 Å². The molecule has 1 aliphatic carbocycles. The molecule has 2 nitrogen and oxygen atoms in total. The Morgan fingerprint density at radius 2 is 2.00 bits per heavy atom. The van der Waals surface area contributed by atoms with Crippen LogP contribution in [0.2, 0.25) is 0 Å². The van der Waals surface area contributed by atoms with Crippen LogP contribution in [0.15, 0.2) is 12.1 Å². The first-order valence-electron chi connectivity index (χ1n) is 6.53. The van der Waals surface area contributed by atoms with Crippen molar-refractivity contribution < 1.29 is 4.74 Å². The van der Waals surface area contributed by atoms with E-state index in [9.17, 15) is 0 Å². The lowest BCUT2D eigenvalue weighted by molar-refractivity contribution is 0.410. The largest absolute Gasteiger partial charge is 0.496 e. The molecule has 2 N–H and O–H groups in total. The van der Waals surface area contributed by atoms with Crippen molar-refractivity contribution in [1.29, 1.82) is 0 Å². The molecule has 0 saturated heterocycles. The molecule has 17 heavy (non-hydrogen) atoms. The zero-order chi connectivity index (χ0) is 12.4. The van der Waals surface area contributed by atoms with E-state index >= 15 is 0 Å². The Morgan fingerprint density at radius 1 is 1.29 bits per heavy atom. The Hall–Kier alpha value is -1.02. The average Bonchev–Trinajstić information content (AvgIpc) is 3.14. The molecular weight excluding hydrogens is 210 g/mol. The second kappa shape index (κ2) is 5.09. The standard InChI is InChI=1S/C15H23NO/c1-10-11(2)15(17-3)7-6-13(10)14(8-9-16)12-4-5-12/h6-7,12,14H,4-5,8-9,16H2,1-3H3. The van der Waals surface area contributed by atoms with E-state index < -0.39 is 0 Å². The predicted octanol–water partition coefficient (Wildman–Crippen LogP) is 3.15. The molecule has 0 aromatic heterocycles. The van der Waals surface area contributed by atoms with Gasteiger partial charge in [-0.2, -0.15) is 0 Å². The SMILES string of the molecule is COc1ccc(C(CCN)C2CC2)c(C)c1C. The average molecular weight is 233 g/mol. The van der Waals surface area contributed by atoms with Crippen molar-refractivity contribution in [3.63, 3.8) is 0 Å². The Labute approximate surface area is 104 Å². The molecule has 0 radical (unpaired) electrons. The van der Waals surface area contributed by atoms with Crippen molar-refractivity contribution in [1.82, 2.24) is 0 Å². The minimum atomic E-state index is 0.657. The van der Waals surface area contributed by atoms with Gasteiger partial charge in [-0.05, 0) is 74.2 Å². The molecule has 0 bridgehead atoms. The topological polar surface area (TPSA) is 35.2 Å². The first-order chi connectivity index (χ1) is 8.19. The van der Waals surface area contributed by atoms with Crippen molar-refractivity contribution in [3.8, 4) is 5.75 Å². The summed E-state index contributed by atoms with van der Waals surface area (Å²) in [6.07, 6.45) is 3.85. The second-order valence-corrected chi connectivity index (χ2v) is 5.13. The molecular formula is C15H23NO. The fourth-order valence-corrected chi connectivity index (χ4v) is 2.76. The minimum absolute atomic E-state index is 0.657. The Morgan fingerprint density at radius 3 is 2.53 bits per heavy atom. The molecule has 0 spiro atoms. The smallest absolute Gasteiger partial charge is 0.122 e. The number of ether oxygens (including phenoxy) is 1. The van der Waals surface area contributed by atoms with Crippen LogP contribution in [0.1, 0.15) is 41.9 Å². The molecule has 2 rings (SSSR count). The summed E-state index contributed by atoms with van der Waals surface area (Å²) < 4.78 is 5.37. The second-order valence-electron chi connectivity index (χ2n) is 5.13. The lowest BCUT2D eigenvalue weighted by atomic mass is 9.86. The fourth-order valence-electron chi connectivity index (χ4n) is 2.76. The zero-order valence-corrected chi connectivity index (χ0v) is 11.1. The number of methoxy groups -OCH3 is 1. The summed E-state index contributed by atoms with van der Waals surface area (Å²) >= 11 is 0. The third kappa shape index (κ3) is 2.47. The quantitative estimate of drug-likeness (QED) is 0.848. The highest BCUT2D eigenvalue weighted by Gasteiger charge is 2.32. The first kappa shape index (κ1) is 12.4. The van der Waals surface area contributed by atoms with Crippen LogP contribution in [0.3, 0.4) is 0 Å². The third-order valence-corrected chi connectivity index (χ3v) is 4.07. The lowest BCUT2D eigenvalue weighted by Gasteiger charge is -2.21. The van der Waals surface area contributed by atoms with Crippen molar-refractivity contribution in [2.45, 2.75) is 39.0 Å². The van der Waals surface area contributed by atoms with Crippen molar-refractivity contribution in [3.05, 3.63) is 28.8 Å². The summed E-state index contributed by atoms with van der Waals surface area (Å²) in [7, 11) is 1.74. The molecule has 1 atom stereocenters. The molecule has 0 amide bonds. The van der Waals surface area contributed by atoms with E-state index in [0.717, 1.165) is 24.6 Å². The van der Waals surface area contributed by atoms with Gasteiger partial charge in [0.25, 0.3) is 0 Å². The van der Waals surface area contributed by atoms with E-state index in [0.29, 0.717) is 5.92 Å². The molecule has 0 heterocycles. The van der Waals surface area contributed by atoms with E-state index in [-0.39, 0.29) is 0 Å². The molecule has 0 aliphatic heterocycles. The fraction of sp³-hybridized carbons (Fsp3) is 0.600. The highest BCUT2D eigenvalue weighted by Crippen LogP contribution is 2.46. The monoisotopic (exact) mass is 233 g/mol. The summed E-state index contributed by atoms with van der Waals surface area (Å²) in [6, 6.07) is 4.34. The zero-order valence-electron chi connectivity index (χ0n) is 11.1. The number of nitrogens with two attached hydrogens (primary N) is 1. The van der Waals surface area contributed by atoms with Gasteiger partial charge in [0, 0.05) is 0 Å². The van der Waals surface area contributed by atoms with Gasteiger partial charge in [-0.1, -0.05) is 6.07 Å². The minimum Gasteiger partial charge on any atom is -0.496 e. The molecule has 1 unspecified atom stereocenters. The summed E-state index contributed by atoms with van der Waals surface area (Å²) in [4.78, 5) is 0. The maximum absolute atomic E-state index is 5.75. The van der Waals surface area contributed by atoms with Gasteiger partial charge in [-0.25, -0.2) is 0 Å². The summed E-state index contributed by atoms with van der Waals surface area (Å²) in [5, 5.41) is 0. The van der Waals surface area contributed by atoms with Crippen LogP contribution in [0, 0.1) is 19.8 Å². The van der Waals surface area contributed by atoms with Gasteiger partial charge < -0.3 is 10.5 Å².